The van der Waals surface area contributed by atoms with Gasteiger partial charge in [0.1, 0.15) is 0 Å². The predicted molar refractivity (Wildman–Crippen MR) is 170 cm³/mol. The topological polar surface area (TPSA) is 73.5 Å². The number of carbonyl (C=O) groups excluding carboxylic acids is 2. The Morgan fingerprint density at radius 2 is 1.62 bits per heavy atom. The Balaban J connectivity index is 1.27. The van der Waals surface area contributed by atoms with Gasteiger partial charge in [-0.2, -0.15) is 0 Å². The van der Waals surface area contributed by atoms with Crippen LogP contribution in [0.25, 0.3) is 5.57 Å². The van der Waals surface area contributed by atoms with Crippen molar-refractivity contribution in [3.05, 3.63) is 101 Å². The number of hydrogen-bond donors (Lipinski definition) is 3. The molecule has 6 nitrogen and oxygen atoms in total. The van der Waals surface area contributed by atoms with Crippen LogP contribution in [0.15, 0.2) is 78.5 Å². The first-order valence-corrected chi connectivity index (χ1v) is 15.7. The summed E-state index contributed by atoms with van der Waals surface area (Å²) in [5, 5.41) is 9.88. The average molecular weight is 563 g/mol. The molecule has 0 aromatic heterocycles. The number of piperidine rings is 1. The molecular weight excluding hydrogens is 520 g/mol. The van der Waals surface area contributed by atoms with Crippen LogP contribution in [-0.4, -0.2) is 29.8 Å². The highest BCUT2D eigenvalue weighted by Crippen LogP contribution is 2.40. The number of nitrogens with zero attached hydrogens (tertiary/aromatic N) is 1. The molecule has 3 aromatic carbocycles. The van der Waals surface area contributed by atoms with Gasteiger partial charge in [0.15, 0.2) is 0 Å². The third-order valence-corrected chi connectivity index (χ3v) is 9.04. The fraction of sp³-hybridized carbons (Fsp3) is 0.389. The maximum absolute atomic E-state index is 13.5. The lowest BCUT2D eigenvalue weighted by atomic mass is 9.83. The minimum Gasteiger partial charge on any atom is -0.358 e. The lowest BCUT2D eigenvalue weighted by molar-refractivity contribution is -0.110. The monoisotopic (exact) mass is 562 g/mol. The van der Waals surface area contributed by atoms with Gasteiger partial charge in [0, 0.05) is 34.7 Å². The van der Waals surface area contributed by atoms with E-state index in [2.05, 4.69) is 45.1 Å². The van der Waals surface area contributed by atoms with E-state index in [4.69, 9.17) is 0 Å². The van der Waals surface area contributed by atoms with Crippen LogP contribution >= 0.6 is 0 Å². The fourth-order valence-electron chi connectivity index (χ4n) is 6.67. The average Bonchev–Trinajstić information content (AvgIpc) is 3.36. The zero-order chi connectivity index (χ0) is 28.9. The van der Waals surface area contributed by atoms with Gasteiger partial charge in [-0.25, -0.2) is 0 Å². The second-order valence-electron chi connectivity index (χ2n) is 12.1. The second-order valence-corrected chi connectivity index (χ2v) is 12.1. The van der Waals surface area contributed by atoms with Crippen molar-refractivity contribution in [1.29, 1.82) is 0 Å². The zero-order valence-corrected chi connectivity index (χ0v) is 24.6. The largest absolute Gasteiger partial charge is 0.358 e. The number of allylic oxidation sites excluding steroid dienone is 1. The molecule has 6 heteroatoms. The first kappa shape index (κ1) is 28.2. The van der Waals surface area contributed by atoms with E-state index in [1.165, 1.54) is 44.3 Å². The maximum Gasteiger partial charge on any atom is 0.258 e. The molecular formula is C36H42N4O2. The van der Waals surface area contributed by atoms with Gasteiger partial charge in [-0.05, 0) is 93.1 Å². The van der Waals surface area contributed by atoms with E-state index in [1.54, 1.807) is 6.07 Å². The number of amides is 2. The number of benzene rings is 3. The standard InChI is InChI=1S/C36H42N4O2/c1-25(27-11-5-2-6-12-27)37-35(41)29-17-20-32-31(23-29)33(36(42)39-32)34(28-13-7-3-8-14-28)38-30-18-15-26(16-19-30)24-40-21-9-4-10-22-40/h2,5-6,11-12,15-20,23,25,28,38H,3-4,7-10,13-14,21-22,24H2,1H3,(H,37,41)(H,39,42)/t25-/m1/s1. The summed E-state index contributed by atoms with van der Waals surface area (Å²) in [6, 6.07) is 24.1. The molecule has 1 aliphatic carbocycles. The molecule has 42 heavy (non-hydrogen) atoms. The van der Waals surface area contributed by atoms with Gasteiger partial charge in [0.2, 0.25) is 0 Å². The molecule has 0 bridgehead atoms. The Kier molecular flexibility index (Phi) is 8.71. The molecule has 0 unspecified atom stereocenters. The smallest absolute Gasteiger partial charge is 0.258 e. The summed E-state index contributed by atoms with van der Waals surface area (Å²) in [5.74, 6) is 0.0217. The summed E-state index contributed by atoms with van der Waals surface area (Å²) >= 11 is 0. The lowest BCUT2D eigenvalue weighted by Gasteiger charge is -2.28. The maximum atomic E-state index is 13.5. The lowest BCUT2D eigenvalue weighted by Crippen LogP contribution is -2.29. The summed E-state index contributed by atoms with van der Waals surface area (Å²) in [5.41, 5.74) is 7.12. The van der Waals surface area contributed by atoms with Crippen LogP contribution in [0.2, 0.25) is 0 Å². The molecule has 2 fully saturated rings. The van der Waals surface area contributed by atoms with E-state index in [-0.39, 0.29) is 23.8 Å². The molecule has 0 spiro atoms. The minimum absolute atomic E-state index is 0.102. The van der Waals surface area contributed by atoms with E-state index in [9.17, 15) is 9.59 Å². The third kappa shape index (κ3) is 6.44. The van der Waals surface area contributed by atoms with Crippen LogP contribution < -0.4 is 16.0 Å². The molecule has 6 rings (SSSR count). The first-order valence-electron chi connectivity index (χ1n) is 15.7. The number of anilines is 2. The number of rotatable bonds is 8. The van der Waals surface area contributed by atoms with Crippen LogP contribution in [-0.2, 0) is 11.3 Å². The van der Waals surface area contributed by atoms with Gasteiger partial charge in [0.25, 0.3) is 11.8 Å². The molecule has 1 saturated heterocycles. The summed E-state index contributed by atoms with van der Waals surface area (Å²) in [6.07, 6.45) is 9.57. The number of likely N-dealkylation sites (tertiary alicyclic amines) is 1. The Labute approximate surface area is 249 Å². The molecule has 218 valence electrons. The summed E-state index contributed by atoms with van der Waals surface area (Å²) in [6.45, 7) is 5.33. The van der Waals surface area contributed by atoms with E-state index in [1.807, 2.05) is 49.4 Å². The SMILES string of the molecule is C[C@@H](NC(=O)c1ccc2c(c1)C(=C(Nc1ccc(CN3CCCCC3)cc1)C1CCCCC1)C(=O)N2)c1ccccc1. The Hall–Kier alpha value is -3.90. The van der Waals surface area contributed by atoms with Crippen molar-refractivity contribution in [2.45, 2.75) is 70.9 Å². The Morgan fingerprint density at radius 1 is 0.905 bits per heavy atom. The summed E-state index contributed by atoms with van der Waals surface area (Å²) in [4.78, 5) is 29.3. The third-order valence-electron chi connectivity index (χ3n) is 9.04. The molecule has 1 atom stereocenters. The van der Waals surface area contributed by atoms with E-state index < -0.39 is 0 Å². The van der Waals surface area contributed by atoms with Crippen LogP contribution in [0, 0.1) is 5.92 Å². The van der Waals surface area contributed by atoms with Crippen molar-refractivity contribution in [3.8, 4) is 0 Å². The first-order chi connectivity index (χ1) is 20.5. The van der Waals surface area contributed by atoms with Gasteiger partial charge < -0.3 is 16.0 Å². The van der Waals surface area contributed by atoms with Crippen molar-refractivity contribution in [2.75, 3.05) is 23.7 Å². The van der Waals surface area contributed by atoms with Gasteiger partial charge in [0.05, 0.1) is 11.6 Å². The van der Waals surface area contributed by atoms with Crippen molar-refractivity contribution < 1.29 is 9.59 Å². The molecule has 0 radical (unpaired) electrons. The molecule has 2 aliphatic heterocycles. The van der Waals surface area contributed by atoms with Crippen LogP contribution in [0.4, 0.5) is 11.4 Å². The molecule has 3 aromatic rings. The summed E-state index contributed by atoms with van der Waals surface area (Å²) < 4.78 is 0. The van der Waals surface area contributed by atoms with Gasteiger partial charge in [-0.1, -0.05) is 68.1 Å². The Morgan fingerprint density at radius 3 is 2.36 bits per heavy atom. The van der Waals surface area contributed by atoms with Crippen LogP contribution in [0.5, 0.6) is 0 Å². The Bertz CT molecular complexity index is 1430. The van der Waals surface area contributed by atoms with Gasteiger partial charge >= 0.3 is 0 Å². The predicted octanol–water partition coefficient (Wildman–Crippen LogP) is 7.52. The van der Waals surface area contributed by atoms with Crippen LogP contribution in [0.1, 0.15) is 91.4 Å². The molecule has 3 N–H and O–H groups in total. The zero-order valence-electron chi connectivity index (χ0n) is 24.6. The van der Waals surface area contributed by atoms with Crippen molar-refractivity contribution in [2.24, 2.45) is 5.92 Å². The minimum atomic E-state index is -0.149. The number of hydrogen-bond acceptors (Lipinski definition) is 4. The van der Waals surface area contributed by atoms with Gasteiger partial charge in [-0.3, -0.25) is 14.5 Å². The summed E-state index contributed by atoms with van der Waals surface area (Å²) in [7, 11) is 0. The van der Waals surface area contributed by atoms with E-state index >= 15 is 0 Å². The normalized spacial score (nSPS) is 19.5. The molecule has 2 amide bonds. The quantitative estimate of drug-likeness (QED) is 0.248. The van der Waals surface area contributed by atoms with Gasteiger partial charge in [-0.15, -0.1) is 0 Å². The highest BCUT2D eigenvalue weighted by molar-refractivity contribution is 6.32. The molecule has 1 saturated carbocycles. The van der Waals surface area contributed by atoms with Crippen molar-refractivity contribution >= 4 is 28.8 Å². The number of nitrogens with one attached hydrogen (secondary N) is 3. The second kappa shape index (κ2) is 13.0. The highest BCUT2D eigenvalue weighted by Gasteiger charge is 2.32. The van der Waals surface area contributed by atoms with E-state index in [0.29, 0.717) is 11.1 Å². The highest BCUT2D eigenvalue weighted by atomic mass is 16.2. The van der Waals surface area contributed by atoms with Crippen LogP contribution in [0.3, 0.4) is 0 Å². The number of fused-ring (bicyclic) bond motifs is 1. The number of carbonyl (C=O) groups is 2. The van der Waals surface area contributed by atoms with Crippen molar-refractivity contribution in [1.82, 2.24) is 10.2 Å². The van der Waals surface area contributed by atoms with E-state index in [0.717, 1.165) is 60.4 Å². The molecule has 3 aliphatic rings. The fourth-order valence-corrected chi connectivity index (χ4v) is 6.67. The van der Waals surface area contributed by atoms with Crippen molar-refractivity contribution in [3.63, 3.8) is 0 Å². The molecule has 2 heterocycles.